The summed E-state index contributed by atoms with van der Waals surface area (Å²) < 4.78 is 0. The summed E-state index contributed by atoms with van der Waals surface area (Å²) in [5.74, 6) is 0.0851. The van der Waals surface area contributed by atoms with Crippen LogP contribution in [0.5, 0.6) is 0 Å². The number of carbonyl (C=O) groups excluding carboxylic acids is 2. The van der Waals surface area contributed by atoms with Crippen molar-refractivity contribution in [2.24, 2.45) is 11.8 Å². The highest BCUT2D eigenvalue weighted by Gasteiger charge is 2.22. The number of benzene rings is 1. The van der Waals surface area contributed by atoms with Crippen molar-refractivity contribution >= 4 is 11.6 Å². The lowest BCUT2D eigenvalue weighted by Gasteiger charge is -2.16. The Balaban J connectivity index is 2.77. The Labute approximate surface area is 103 Å². The number of rotatable bonds is 6. The van der Waals surface area contributed by atoms with Gasteiger partial charge in [0.1, 0.15) is 11.6 Å². The van der Waals surface area contributed by atoms with E-state index in [1.165, 1.54) is 0 Å². The van der Waals surface area contributed by atoms with Gasteiger partial charge in [0.2, 0.25) is 0 Å². The molecule has 0 heterocycles. The second kappa shape index (κ2) is 6.33. The number of hydrogen-bond acceptors (Lipinski definition) is 2. The van der Waals surface area contributed by atoms with Crippen molar-refractivity contribution in [1.29, 1.82) is 0 Å². The third kappa shape index (κ3) is 4.51. The van der Waals surface area contributed by atoms with Gasteiger partial charge in [0, 0.05) is 18.3 Å². The summed E-state index contributed by atoms with van der Waals surface area (Å²) in [6.45, 7) is 5.33. The lowest BCUT2D eigenvalue weighted by atomic mass is 9.86. The molecule has 0 spiro atoms. The quantitative estimate of drug-likeness (QED) is 0.755. The fourth-order valence-electron chi connectivity index (χ4n) is 1.99. The summed E-state index contributed by atoms with van der Waals surface area (Å²) in [6.07, 6.45) is 1.02. The van der Waals surface area contributed by atoms with Crippen LogP contribution in [0, 0.1) is 11.8 Å². The van der Waals surface area contributed by atoms with Crippen molar-refractivity contribution in [1.82, 2.24) is 0 Å². The van der Waals surface area contributed by atoms with Gasteiger partial charge in [0.15, 0.2) is 0 Å². The van der Waals surface area contributed by atoms with Gasteiger partial charge < -0.3 is 4.79 Å². The van der Waals surface area contributed by atoms with E-state index < -0.39 is 0 Å². The predicted octanol–water partition coefficient (Wildman–Crippen LogP) is 3.05. The molecule has 17 heavy (non-hydrogen) atoms. The maximum absolute atomic E-state index is 12.0. The van der Waals surface area contributed by atoms with Crippen LogP contribution >= 0.6 is 0 Å². The fourth-order valence-corrected chi connectivity index (χ4v) is 1.99. The lowest BCUT2D eigenvalue weighted by Crippen LogP contribution is -2.24. The van der Waals surface area contributed by atoms with E-state index in [1.54, 1.807) is 6.92 Å². The molecule has 0 saturated carbocycles. The zero-order valence-electron chi connectivity index (χ0n) is 10.8. The van der Waals surface area contributed by atoms with Crippen LogP contribution in [0.2, 0.25) is 0 Å². The highest BCUT2D eigenvalue weighted by atomic mass is 16.1. The van der Waals surface area contributed by atoms with Gasteiger partial charge in [-0.15, -0.1) is 0 Å². The molecule has 0 bridgehead atoms. The van der Waals surface area contributed by atoms with Crippen molar-refractivity contribution in [2.45, 2.75) is 33.6 Å². The summed E-state index contributed by atoms with van der Waals surface area (Å²) in [7, 11) is 0. The van der Waals surface area contributed by atoms with E-state index in [9.17, 15) is 9.59 Å². The Morgan fingerprint density at radius 3 is 2.18 bits per heavy atom. The Morgan fingerprint density at radius 2 is 1.71 bits per heavy atom. The highest BCUT2D eigenvalue weighted by Crippen LogP contribution is 2.17. The van der Waals surface area contributed by atoms with Gasteiger partial charge in [-0.25, -0.2) is 0 Å². The van der Waals surface area contributed by atoms with E-state index in [-0.39, 0.29) is 23.4 Å². The van der Waals surface area contributed by atoms with Crippen LogP contribution in [0.1, 0.15) is 32.8 Å². The summed E-state index contributed by atoms with van der Waals surface area (Å²) in [5.41, 5.74) is 1.12. The average molecular weight is 232 g/mol. The molecule has 0 saturated heterocycles. The molecule has 1 aromatic carbocycles. The maximum Gasteiger partial charge on any atom is 0.139 e. The molecule has 0 fully saturated rings. The van der Waals surface area contributed by atoms with Gasteiger partial charge in [-0.05, 0) is 18.9 Å². The van der Waals surface area contributed by atoms with Crippen molar-refractivity contribution in [3.63, 3.8) is 0 Å². The van der Waals surface area contributed by atoms with E-state index in [2.05, 4.69) is 0 Å². The first kappa shape index (κ1) is 13.6. The normalized spacial score (nSPS) is 12.5. The van der Waals surface area contributed by atoms with Crippen molar-refractivity contribution in [3.8, 4) is 0 Å². The summed E-state index contributed by atoms with van der Waals surface area (Å²) in [6, 6.07) is 9.87. The van der Waals surface area contributed by atoms with Crippen LogP contribution in [0.3, 0.4) is 0 Å². The molecule has 2 nitrogen and oxygen atoms in total. The van der Waals surface area contributed by atoms with E-state index in [0.29, 0.717) is 12.8 Å². The van der Waals surface area contributed by atoms with E-state index in [0.717, 1.165) is 5.56 Å². The van der Waals surface area contributed by atoms with Gasteiger partial charge >= 0.3 is 0 Å². The molecule has 0 N–H and O–H groups in total. The molecule has 1 rings (SSSR count). The standard InChI is InChI=1S/C15H20O2/c1-11(2)15(17)14(9-12(3)16)10-13-7-5-4-6-8-13/h4-8,11,14H,9-10H2,1-3H3. The summed E-state index contributed by atoms with van der Waals surface area (Å²) in [5, 5.41) is 0. The van der Waals surface area contributed by atoms with E-state index >= 15 is 0 Å². The Kier molecular flexibility index (Phi) is 5.08. The molecule has 1 aromatic rings. The number of Topliss-reactive ketones (excluding diaryl/α,β-unsaturated/α-hetero) is 2. The second-order valence-electron chi connectivity index (χ2n) is 4.85. The molecule has 0 aliphatic rings. The zero-order chi connectivity index (χ0) is 12.8. The lowest BCUT2D eigenvalue weighted by molar-refractivity contribution is -0.129. The van der Waals surface area contributed by atoms with E-state index in [4.69, 9.17) is 0 Å². The molecule has 0 radical (unpaired) electrons. The highest BCUT2D eigenvalue weighted by molar-refractivity contribution is 5.88. The SMILES string of the molecule is CC(=O)CC(Cc1ccccc1)C(=O)C(C)C. The Bertz CT molecular complexity index is 379. The molecule has 1 atom stereocenters. The molecule has 92 valence electrons. The first-order valence-corrected chi connectivity index (χ1v) is 6.07. The molecular weight excluding hydrogens is 212 g/mol. The summed E-state index contributed by atoms with van der Waals surface area (Å²) >= 11 is 0. The topological polar surface area (TPSA) is 34.1 Å². The van der Waals surface area contributed by atoms with Gasteiger partial charge in [-0.2, -0.15) is 0 Å². The Hall–Kier alpha value is -1.44. The van der Waals surface area contributed by atoms with Crippen LogP contribution in [-0.4, -0.2) is 11.6 Å². The number of hydrogen-bond donors (Lipinski definition) is 0. The largest absolute Gasteiger partial charge is 0.300 e. The molecule has 1 unspecified atom stereocenters. The molecule has 0 aliphatic carbocycles. The second-order valence-corrected chi connectivity index (χ2v) is 4.85. The van der Waals surface area contributed by atoms with Crippen molar-refractivity contribution in [3.05, 3.63) is 35.9 Å². The monoisotopic (exact) mass is 232 g/mol. The predicted molar refractivity (Wildman–Crippen MR) is 68.8 cm³/mol. The van der Waals surface area contributed by atoms with Gasteiger partial charge in [-0.3, -0.25) is 4.79 Å². The van der Waals surface area contributed by atoms with Crippen molar-refractivity contribution < 1.29 is 9.59 Å². The van der Waals surface area contributed by atoms with Crippen LogP contribution in [-0.2, 0) is 16.0 Å². The third-order valence-electron chi connectivity index (χ3n) is 2.83. The van der Waals surface area contributed by atoms with Gasteiger partial charge in [0.05, 0.1) is 0 Å². The first-order valence-electron chi connectivity index (χ1n) is 6.07. The third-order valence-corrected chi connectivity index (χ3v) is 2.83. The van der Waals surface area contributed by atoms with Crippen LogP contribution < -0.4 is 0 Å². The molecule has 0 amide bonds. The molecular formula is C15H20O2. The number of ketones is 2. The minimum absolute atomic E-state index is 0.0111. The molecule has 0 aliphatic heterocycles. The van der Waals surface area contributed by atoms with Crippen LogP contribution in [0.15, 0.2) is 30.3 Å². The van der Waals surface area contributed by atoms with Crippen LogP contribution in [0.25, 0.3) is 0 Å². The fraction of sp³-hybridized carbons (Fsp3) is 0.467. The minimum Gasteiger partial charge on any atom is -0.300 e. The van der Waals surface area contributed by atoms with Crippen molar-refractivity contribution in [2.75, 3.05) is 0 Å². The minimum atomic E-state index is -0.171. The van der Waals surface area contributed by atoms with Gasteiger partial charge in [-0.1, -0.05) is 44.2 Å². The molecule has 2 heteroatoms. The average Bonchev–Trinajstić information content (AvgIpc) is 2.28. The molecule has 0 aromatic heterocycles. The number of carbonyl (C=O) groups is 2. The zero-order valence-corrected chi connectivity index (χ0v) is 10.8. The van der Waals surface area contributed by atoms with Gasteiger partial charge in [0.25, 0.3) is 0 Å². The van der Waals surface area contributed by atoms with Crippen LogP contribution in [0.4, 0.5) is 0 Å². The first-order chi connectivity index (χ1) is 8.00. The van der Waals surface area contributed by atoms with E-state index in [1.807, 2.05) is 44.2 Å². The summed E-state index contributed by atoms with van der Waals surface area (Å²) in [4.78, 5) is 23.2. The smallest absolute Gasteiger partial charge is 0.139 e. The maximum atomic E-state index is 12.0. The Morgan fingerprint density at radius 1 is 1.12 bits per heavy atom.